The van der Waals surface area contributed by atoms with Crippen LogP contribution in [-0.4, -0.2) is 32.0 Å². The van der Waals surface area contributed by atoms with Crippen LogP contribution >= 0.6 is 0 Å². The van der Waals surface area contributed by atoms with Crippen LogP contribution in [0.4, 0.5) is 5.69 Å². The number of hydrogen-bond donors (Lipinski definition) is 1. The maximum absolute atomic E-state index is 12.2. The molecule has 1 N–H and O–H groups in total. The number of rotatable bonds is 8. The van der Waals surface area contributed by atoms with E-state index in [0.717, 1.165) is 0 Å². The van der Waals surface area contributed by atoms with Crippen molar-refractivity contribution < 1.29 is 19.1 Å². The quantitative estimate of drug-likeness (QED) is 0.584. The van der Waals surface area contributed by atoms with Gasteiger partial charge >= 0.3 is 5.97 Å². The van der Waals surface area contributed by atoms with E-state index in [2.05, 4.69) is 5.32 Å². The van der Waals surface area contributed by atoms with Gasteiger partial charge in [-0.25, -0.2) is 4.79 Å². The average Bonchev–Trinajstić information content (AvgIpc) is 2.64. The molecule has 0 bridgehead atoms. The Hall–Kier alpha value is -2.82. The lowest BCUT2D eigenvalue weighted by Gasteiger charge is -2.10. The third kappa shape index (κ3) is 5.64. The summed E-state index contributed by atoms with van der Waals surface area (Å²) in [6.45, 7) is 4.48. The third-order valence-corrected chi connectivity index (χ3v) is 3.51. The predicted molar refractivity (Wildman–Crippen MR) is 97.4 cm³/mol. The molecule has 2 aromatic carbocycles. The standard InChI is InChI=1S/C20H23NO4/c1-14(2)13-25-20(23)16-5-4-6-17(11-16)21-12-19(22)15-7-9-18(24-3)10-8-15/h4-11,14,21H,12-13H2,1-3H3. The zero-order valence-corrected chi connectivity index (χ0v) is 14.7. The van der Waals surface area contributed by atoms with Crippen molar-refractivity contribution in [3.05, 3.63) is 59.7 Å². The molecule has 5 nitrogen and oxygen atoms in total. The molecule has 0 fully saturated rings. The van der Waals surface area contributed by atoms with Crippen molar-refractivity contribution in [2.75, 3.05) is 25.6 Å². The first-order chi connectivity index (χ1) is 12.0. The Balaban J connectivity index is 1.94. The minimum Gasteiger partial charge on any atom is -0.497 e. The van der Waals surface area contributed by atoms with Crippen LogP contribution in [0.2, 0.25) is 0 Å². The minimum atomic E-state index is -0.362. The van der Waals surface area contributed by atoms with Gasteiger partial charge < -0.3 is 14.8 Å². The fraction of sp³-hybridized carbons (Fsp3) is 0.300. The zero-order valence-electron chi connectivity index (χ0n) is 14.7. The Morgan fingerprint density at radius 3 is 2.40 bits per heavy atom. The Kier molecular flexibility index (Phi) is 6.57. The molecule has 0 amide bonds. The van der Waals surface area contributed by atoms with Crippen molar-refractivity contribution in [1.82, 2.24) is 0 Å². The van der Waals surface area contributed by atoms with Crippen LogP contribution in [0.25, 0.3) is 0 Å². The van der Waals surface area contributed by atoms with Crippen molar-refractivity contribution in [2.24, 2.45) is 5.92 Å². The van der Waals surface area contributed by atoms with Crippen LogP contribution in [-0.2, 0) is 4.74 Å². The first-order valence-electron chi connectivity index (χ1n) is 8.18. The second-order valence-electron chi connectivity index (χ2n) is 6.08. The number of methoxy groups -OCH3 is 1. The van der Waals surface area contributed by atoms with Crippen molar-refractivity contribution in [3.8, 4) is 5.75 Å². The third-order valence-electron chi connectivity index (χ3n) is 3.51. The molecule has 2 rings (SSSR count). The summed E-state index contributed by atoms with van der Waals surface area (Å²) in [5.41, 5.74) is 1.75. The van der Waals surface area contributed by atoms with E-state index in [1.54, 1.807) is 55.6 Å². The Morgan fingerprint density at radius 1 is 1.04 bits per heavy atom. The second kappa shape index (κ2) is 8.87. The van der Waals surface area contributed by atoms with E-state index in [4.69, 9.17) is 9.47 Å². The van der Waals surface area contributed by atoms with Gasteiger partial charge in [0.05, 0.1) is 25.8 Å². The molecular formula is C20H23NO4. The number of esters is 1. The molecule has 0 aliphatic heterocycles. The number of carbonyl (C=O) groups is 2. The first-order valence-corrected chi connectivity index (χ1v) is 8.18. The van der Waals surface area contributed by atoms with Gasteiger partial charge in [-0.2, -0.15) is 0 Å². The van der Waals surface area contributed by atoms with Crippen LogP contribution in [0.3, 0.4) is 0 Å². The fourth-order valence-electron chi connectivity index (χ4n) is 2.14. The highest BCUT2D eigenvalue weighted by Gasteiger charge is 2.10. The predicted octanol–water partition coefficient (Wildman–Crippen LogP) is 3.80. The molecule has 25 heavy (non-hydrogen) atoms. The number of ketones is 1. The summed E-state index contributed by atoms with van der Waals surface area (Å²) in [4.78, 5) is 24.2. The molecule has 0 aromatic heterocycles. The van der Waals surface area contributed by atoms with Crippen molar-refractivity contribution in [3.63, 3.8) is 0 Å². The van der Waals surface area contributed by atoms with E-state index >= 15 is 0 Å². The van der Waals surface area contributed by atoms with E-state index in [-0.39, 0.29) is 24.2 Å². The highest BCUT2D eigenvalue weighted by molar-refractivity contribution is 5.99. The van der Waals surface area contributed by atoms with Crippen LogP contribution < -0.4 is 10.1 Å². The van der Waals surface area contributed by atoms with Crippen molar-refractivity contribution in [2.45, 2.75) is 13.8 Å². The number of Topliss-reactive ketones (excluding diaryl/α,β-unsaturated/α-hetero) is 1. The van der Waals surface area contributed by atoms with Crippen LogP contribution in [0, 0.1) is 5.92 Å². The van der Waals surface area contributed by atoms with E-state index < -0.39 is 0 Å². The molecule has 2 aromatic rings. The van der Waals surface area contributed by atoms with Gasteiger partial charge in [0.25, 0.3) is 0 Å². The van der Waals surface area contributed by atoms with Gasteiger partial charge in [-0.3, -0.25) is 4.79 Å². The lowest BCUT2D eigenvalue weighted by atomic mass is 10.1. The highest BCUT2D eigenvalue weighted by Crippen LogP contribution is 2.14. The van der Waals surface area contributed by atoms with Crippen molar-refractivity contribution in [1.29, 1.82) is 0 Å². The van der Waals surface area contributed by atoms with E-state index in [9.17, 15) is 9.59 Å². The SMILES string of the molecule is COc1ccc(C(=O)CNc2cccc(C(=O)OCC(C)C)c2)cc1. The van der Waals surface area contributed by atoms with Crippen LogP contribution in [0.5, 0.6) is 5.75 Å². The molecular weight excluding hydrogens is 318 g/mol. The topological polar surface area (TPSA) is 64.6 Å². The van der Waals surface area contributed by atoms with Gasteiger partial charge in [0, 0.05) is 11.3 Å². The molecule has 0 saturated carbocycles. The molecule has 5 heteroatoms. The minimum absolute atomic E-state index is 0.0459. The molecule has 132 valence electrons. The fourth-order valence-corrected chi connectivity index (χ4v) is 2.14. The largest absolute Gasteiger partial charge is 0.497 e. The number of anilines is 1. The Bertz CT molecular complexity index is 723. The number of carbonyl (C=O) groups excluding carboxylic acids is 2. The van der Waals surface area contributed by atoms with Gasteiger partial charge in [0.15, 0.2) is 5.78 Å². The normalized spacial score (nSPS) is 10.4. The molecule has 0 aliphatic rings. The lowest BCUT2D eigenvalue weighted by molar-refractivity contribution is 0.0459. The summed E-state index contributed by atoms with van der Waals surface area (Å²) in [7, 11) is 1.58. The van der Waals surface area contributed by atoms with E-state index in [1.807, 2.05) is 13.8 Å². The smallest absolute Gasteiger partial charge is 0.338 e. The molecule has 0 radical (unpaired) electrons. The monoisotopic (exact) mass is 341 g/mol. The average molecular weight is 341 g/mol. The maximum Gasteiger partial charge on any atom is 0.338 e. The lowest BCUT2D eigenvalue weighted by Crippen LogP contribution is -2.15. The second-order valence-corrected chi connectivity index (χ2v) is 6.08. The Morgan fingerprint density at radius 2 is 1.76 bits per heavy atom. The van der Waals surface area contributed by atoms with E-state index in [1.165, 1.54) is 0 Å². The molecule has 0 spiro atoms. The first kappa shape index (κ1) is 18.5. The molecule has 0 heterocycles. The van der Waals surface area contributed by atoms with Gasteiger partial charge in [-0.15, -0.1) is 0 Å². The number of ether oxygens (including phenoxy) is 2. The molecule has 0 saturated heterocycles. The van der Waals surface area contributed by atoms with Crippen LogP contribution in [0.1, 0.15) is 34.6 Å². The van der Waals surface area contributed by atoms with Crippen molar-refractivity contribution >= 4 is 17.4 Å². The molecule has 0 atom stereocenters. The number of nitrogens with one attached hydrogen (secondary N) is 1. The highest BCUT2D eigenvalue weighted by atomic mass is 16.5. The van der Waals surface area contributed by atoms with Gasteiger partial charge in [0.1, 0.15) is 5.75 Å². The number of hydrogen-bond acceptors (Lipinski definition) is 5. The summed E-state index contributed by atoms with van der Waals surface area (Å²) >= 11 is 0. The Labute approximate surface area is 148 Å². The summed E-state index contributed by atoms with van der Waals surface area (Å²) in [5, 5.41) is 3.04. The zero-order chi connectivity index (χ0) is 18.2. The summed E-state index contributed by atoms with van der Waals surface area (Å²) in [6, 6.07) is 13.9. The summed E-state index contributed by atoms with van der Waals surface area (Å²) in [5.74, 6) is 0.582. The molecule has 0 aliphatic carbocycles. The maximum atomic E-state index is 12.2. The van der Waals surface area contributed by atoms with Crippen LogP contribution in [0.15, 0.2) is 48.5 Å². The molecule has 0 unspecified atom stereocenters. The summed E-state index contributed by atoms with van der Waals surface area (Å²) in [6.07, 6.45) is 0. The summed E-state index contributed by atoms with van der Waals surface area (Å²) < 4.78 is 10.3. The van der Waals surface area contributed by atoms with Gasteiger partial charge in [0.2, 0.25) is 0 Å². The van der Waals surface area contributed by atoms with Gasteiger partial charge in [-0.05, 0) is 48.4 Å². The van der Waals surface area contributed by atoms with Gasteiger partial charge in [-0.1, -0.05) is 19.9 Å². The van der Waals surface area contributed by atoms with E-state index in [0.29, 0.717) is 29.2 Å². The number of benzene rings is 2.